The fourth-order valence-electron chi connectivity index (χ4n) is 1.73. The lowest BCUT2D eigenvalue weighted by Crippen LogP contribution is -2.24. The molecule has 0 bridgehead atoms. The van der Waals surface area contributed by atoms with Gasteiger partial charge in [0.1, 0.15) is 6.10 Å². The minimum Gasteiger partial charge on any atom is -0.454 e. The Morgan fingerprint density at radius 1 is 1.72 bits per heavy atom. The molecule has 0 spiro atoms. The van der Waals surface area contributed by atoms with Crippen LogP contribution in [0.3, 0.4) is 0 Å². The van der Waals surface area contributed by atoms with Crippen LogP contribution in [0.2, 0.25) is 0 Å². The van der Waals surface area contributed by atoms with Crippen LogP contribution in [0.5, 0.6) is 6.01 Å². The van der Waals surface area contributed by atoms with Crippen LogP contribution in [0.4, 0.5) is 5.95 Å². The van der Waals surface area contributed by atoms with E-state index in [-0.39, 0.29) is 19.0 Å². The third-order valence-electron chi connectivity index (χ3n) is 2.59. The van der Waals surface area contributed by atoms with Crippen LogP contribution in [0.15, 0.2) is 0 Å². The van der Waals surface area contributed by atoms with Crippen LogP contribution in [0.1, 0.15) is 12.6 Å². The summed E-state index contributed by atoms with van der Waals surface area (Å²) >= 11 is 0. The number of aliphatic hydroxyl groups excluding tert-OH is 2. The van der Waals surface area contributed by atoms with E-state index in [0.29, 0.717) is 0 Å². The number of aromatic nitrogens is 3. The highest BCUT2D eigenvalue weighted by molar-refractivity contribution is 5.09. The highest BCUT2D eigenvalue weighted by atomic mass is 16.6. The van der Waals surface area contributed by atoms with Crippen molar-refractivity contribution in [2.75, 3.05) is 13.7 Å². The second-order valence-corrected chi connectivity index (χ2v) is 3.71. The van der Waals surface area contributed by atoms with Crippen LogP contribution in [-0.4, -0.2) is 55.8 Å². The Bertz CT molecular complexity index is 449. The predicted molar refractivity (Wildman–Crippen MR) is 54.8 cm³/mol. The van der Waals surface area contributed by atoms with Gasteiger partial charge in [0.2, 0.25) is 0 Å². The van der Waals surface area contributed by atoms with Crippen molar-refractivity contribution in [3.63, 3.8) is 0 Å². The van der Waals surface area contributed by atoms with Crippen molar-refractivity contribution in [2.24, 2.45) is 0 Å². The third-order valence-corrected chi connectivity index (χ3v) is 2.59. The van der Waals surface area contributed by atoms with E-state index >= 15 is 0 Å². The molecule has 18 heavy (non-hydrogen) atoms. The van der Waals surface area contributed by atoms with Crippen molar-refractivity contribution in [3.8, 4) is 6.01 Å². The average Bonchev–Trinajstić information content (AvgIpc) is 2.91. The summed E-state index contributed by atoms with van der Waals surface area (Å²) in [6.07, 6.45) is -2.23. The Hall–Kier alpha value is -1.78. The monoisotopic (exact) mass is 260 g/mol. The maximum Gasteiger partial charge on any atom is 0.494 e. The van der Waals surface area contributed by atoms with Crippen molar-refractivity contribution in [1.82, 2.24) is 14.8 Å². The summed E-state index contributed by atoms with van der Waals surface area (Å²) in [6.45, 7) is -0.350. The standard InChI is InChI=1S/C8H12N4O6/c1-17-8-9-7(12(15)16)10-11(8)6-2-4(14)5(3-13)18-6/h4-6,13-14H,2-3H2,1H3/t4-,5+,6+/m0/s1. The van der Waals surface area contributed by atoms with Crippen molar-refractivity contribution >= 4 is 5.95 Å². The van der Waals surface area contributed by atoms with Gasteiger partial charge in [0.15, 0.2) is 6.23 Å². The third kappa shape index (κ3) is 2.12. The van der Waals surface area contributed by atoms with E-state index in [1.807, 2.05) is 0 Å². The van der Waals surface area contributed by atoms with Crippen molar-refractivity contribution in [1.29, 1.82) is 0 Å². The highest BCUT2D eigenvalue weighted by Gasteiger charge is 2.39. The Balaban J connectivity index is 2.25. The normalized spacial score (nSPS) is 27.4. The first-order chi connectivity index (χ1) is 8.56. The van der Waals surface area contributed by atoms with E-state index in [1.54, 1.807) is 0 Å². The largest absolute Gasteiger partial charge is 0.494 e. The smallest absolute Gasteiger partial charge is 0.454 e. The Labute approximate surface area is 101 Å². The molecule has 1 aliphatic heterocycles. The summed E-state index contributed by atoms with van der Waals surface area (Å²) in [5.41, 5.74) is 0. The lowest BCUT2D eigenvalue weighted by Gasteiger charge is -2.10. The number of rotatable bonds is 4. The fraction of sp³-hybridized carbons (Fsp3) is 0.750. The van der Waals surface area contributed by atoms with Gasteiger partial charge in [-0.25, -0.2) is 0 Å². The molecule has 0 aliphatic carbocycles. The lowest BCUT2D eigenvalue weighted by atomic mass is 10.2. The molecular formula is C8H12N4O6. The molecule has 0 saturated carbocycles. The first kappa shape index (κ1) is 12.7. The summed E-state index contributed by atoms with van der Waals surface area (Å²) in [5.74, 6) is -0.614. The molecule has 1 aromatic rings. The molecule has 3 atom stereocenters. The van der Waals surface area contributed by atoms with E-state index in [0.717, 1.165) is 4.68 Å². The molecule has 1 aliphatic rings. The number of hydrogen-bond donors (Lipinski definition) is 2. The number of nitrogens with zero attached hydrogens (tertiary/aromatic N) is 4. The van der Waals surface area contributed by atoms with Gasteiger partial charge in [0.25, 0.3) is 0 Å². The zero-order chi connectivity index (χ0) is 13.3. The minimum atomic E-state index is -0.868. The van der Waals surface area contributed by atoms with E-state index in [4.69, 9.17) is 14.6 Å². The van der Waals surface area contributed by atoms with Gasteiger partial charge in [0.05, 0.1) is 19.8 Å². The summed E-state index contributed by atoms with van der Waals surface area (Å²) < 4.78 is 11.2. The van der Waals surface area contributed by atoms with Gasteiger partial charge in [-0.1, -0.05) is 0 Å². The first-order valence-corrected chi connectivity index (χ1v) is 5.16. The van der Waals surface area contributed by atoms with Crippen LogP contribution in [-0.2, 0) is 4.74 Å². The van der Waals surface area contributed by atoms with Crippen molar-refractivity contribution < 1.29 is 24.6 Å². The summed E-state index contributed by atoms with van der Waals surface area (Å²) in [4.78, 5) is 13.4. The van der Waals surface area contributed by atoms with Gasteiger partial charge >= 0.3 is 12.0 Å². The molecule has 0 radical (unpaired) electrons. The van der Waals surface area contributed by atoms with Gasteiger partial charge in [-0.15, -0.1) is 4.68 Å². The molecule has 2 N–H and O–H groups in total. The zero-order valence-corrected chi connectivity index (χ0v) is 9.46. The Kier molecular flexibility index (Phi) is 3.41. The van der Waals surface area contributed by atoms with E-state index in [2.05, 4.69) is 10.1 Å². The summed E-state index contributed by atoms with van der Waals surface area (Å²) in [7, 11) is 1.29. The van der Waals surface area contributed by atoms with Gasteiger partial charge < -0.3 is 29.8 Å². The molecule has 0 unspecified atom stereocenters. The molecule has 1 saturated heterocycles. The predicted octanol–water partition coefficient (Wildman–Crippen LogP) is -1.16. The number of nitro groups is 1. The maximum atomic E-state index is 10.6. The SMILES string of the molecule is COc1nc([N+](=O)[O-])nn1[C@H]1C[C@H](O)[C@@H](CO)O1. The molecule has 10 nitrogen and oxygen atoms in total. The number of aliphatic hydroxyl groups is 2. The maximum absolute atomic E-state index is 10.6. The topological polar surface area (TPSA) is 133 Å². The molecular weight excluding hydrogens is 248 g/mol. The number of hydrogen-bond acceptors (Lipinski definition) is 8. The fourth-order valence-corrected chi connectivity index (χ4v) is 1.73. The molecule has 1 fully saturated rings. The van der Waals surface area contributed by atoms with Crippen molar-refractivity contribution in [2.45, 2.75) is 24.9 Å². The van der Waals surface area contributed by atoms with E-state index < -0.39 is 29.3 Å². The lowest BCUT2D eigenvalue weighted by molar-refractivity contribution is -0.394. The van der Waals surface area contributed by atoms with Gasteiger partial charge in [-0.2, -0.15) is 0 Å². The Morgan fingerprint density at radius 2 is 2.44 bits per heavy atom. The molecule has 100 valence electrons. The van der Waals surface area contributed by atoms with Crippen LogP contribution in [0, 0.1) is 10.1 Å². The van der Waals surface area contributed by atoms with E-state index in [1.165, 1.54) is 7.11 Å². The highest BCUT2D eigenvalue weighted by Crippen LogP contribution is 2.31. The van der Waals surface area contributed by atoms with Gasteiger partial charge in [0, 0.05) is 11.5 Å². The summed E-state index contributed by atoms with van der Waals surface area (Å²) in [6, 6.07) is -0.0857. The first-order valence-electron chi connectivity index (χ1n) is 5.16. The second kappa shape index (κ2) is 4.84. The van der Waals surface area contributed by atoms with E-state index in [9.17, 15) is 15.2 Å². The van der Waals surface area contributed by atoms with Crippen LogP contribution in [0.25, 0.3) is 0 Å². The molecule has 1 aromatic heterocycles. The minimum absolute atomic E-state index is 0.0857. The molecule has 2 heterocycles. The summed E-state index contributed by atoms with van der Waals surface area (Å²) in [5, 5.41) is 32.7. The molecule has 2 rings (SSSR count). The van der Waals surface area contributed by atoms with Gasteiger partial charge in [-0.3, -0.25) is 0 Å². The zero-order valence-electron chi connectivity index (χ0n) is 9.46. The molecule has 0 aromatic carbocycles. The molecule has 10 heteroatoms. The average molecular weight is 260 g/mol. The van der Waals surface area contributed by atoms with Crippen LogP contribution < -0.4 is 4.74 Å². The van der Waals surface area contributed by atoms with Gasteiger partial charge in [-0.05, 0) is 9.91 Å². The quantitative estimate of drug-likeness (QED) is 0.511. The number of methoxy groups -OCH3 is 1. The second-order valence-electron chi connectivity index (χ2n) is 3.71. The number of ether oxygens (including phenoxy) is 2. The molecule has 0 amide bonds. The Morgan fingerprint density at radius 3 is 2.94 bits per heavy atom. The van der Waals surface area contributed by atoms with Crippen molar-refractivity contribution in [3.05, 3.63) is 10.1 Å². The van der Waals surface area contributed by atoms with Crippen LogP contribution >= 0.6 is 0 Å².